The second kappa shape index (κ2) is 5.51. The standard InChI is InChI=1S/C22H28O3/c1-13(23)20(25)19-7-6-17-16-5-4-14-12-15(24)8-10-21(14,2)18(16)9-11-22(17,19)3/h8-10,12-13,16-17,19,23H,4-7,11H2,1-3H3/t13?,16-,17-,19+,21-,22-/m0/s1. The molecule has 0 aromatic carbocycles. The van der Waals surface area contributed by atoms with Gasteiger partial charge in [-0.3, -0.25) is 9.59 Å². The van der Waals surface area contributed by atoms with Gasteiger partial charge in [-0.1, -0.05) is 30.2 Å². The summed E-state index contributed by atoms with van der Waals surface area (Å²) in [5.74, 6) is 1.10. The lowest BCUT2D eigenvalue weighted by Crippen LogP contribution is -2.45. The van der Waals surface area contributed by atoms with E-state index in [0.29, 0.717) is 11.8 Å². The van der Waals surface area contributed by atoms with E-state index in [-0.39, 0.29) is 28.3 Å². The summed E-state index contributed by atoms with van der Waals surface area (Å²) in [6, 6.07) is 0. The lowest BCUT2D eigenvalue weighted by atomic mass is 9.52. The van der Waals surface area contributed by atoms with Crippen LogP contribution in [0.15, 0.2) is 35.5 Å². The van der Waals surface area contributed by atoms with E-state index in [1.807, 2.05) is 6.08 Å². The van der Waals surface area contributed by atoms with Crippen LogP contribution in [0.4, 0.5) is 0 Å². The number of ketones is 2. The Hall–Kier alpha value is -1.48. The average molecular weight is 340 g/mol. The van der Waals surface area contributed by atoms with Gasteiger partial charge in [-0.2, -0.15) is 0 Å². The minimum Gasteiger partial charge on any atom is -0.386 e. The molecule has 4 rings (SSSR count). The molecule has 1 N–H and O–H groups in total. The van der Waals surface area contributed by atoms with Crippen molar-refractivity contribution in [2.45, 2.75) is 59.0 Å². The van der Waals surface area contributed by atoms with Crippen molar-refractivity contribution in [1.29, 1.82) is 0 Å². The van der Waals surface area contributed by atoms with Crippen LogP contribution in [0.2, 0.25) is 0 Å². The van der Waals surface area contributed by atoms with Crippen LogP contribution in [0.5, 0.6) is 0 Å². The first-order valence-electron chi connectivity index (χ1n) is 9.64. The molecule has 0 aromatic heterocycles. The van der Waals surface area contributed by atoms with Crippen LogP contribution in [0.1, 0.15) is 52.9 Å². The van der Waals surface area contributed by atoms with Crippen LogP contribution in [0.3, 0.4) is 0 Å². The van der Waals surface area contributed by atoms with Crippen LogP contribution >= 0.6 is 0 Å². The van der Waals surface area contributed by atoms with Gasteiger partial charge in [-0.05, 0) is 75.4 Å². The molecule has 4 aliphatic rings. The first kappa shape index (κ1) is 17.0. The van der Waals surface area contributed by atoms with Crippen molar-refractivity contribution in [1.82, 2.24) is 0 Å². The van der Waals surface area contributed by atoms with Crippen molar-refractivity contribution in [3.63, 3.8) is 0 Å². The maximum atomic E-state index is 12.6. The van der Waals surface area contributed by atoms with E-state index in [2.05, 4.69) is 26.0 Å². The SMILES string of the molecule is CC(O)C(=O)[C@H]1CC[C@H]2[C@@H]3CCC4=CC(=O)C=C[C@]4(C)C3=CC[C@]12C. The average Bonchev–Trinajstić information content (AvgIpc) is 2.92. The Morgan fingerprint density at radius 1 is 1.28 bits per heavy atom. The third-order valence-electron chi connectivity index (χ3n) is 7.70. The summed E-state index contributed by atoms with van der Waals surface area (Å²) in [6.07, 6.45) is 12.1. The molecule has 0 radical (unpaired) electrons. The third kappa shape index (κ3) is 2.28. The number of carbonyl (C=O) groups is 2. The third-order valence-corrected chi connectivity index (χ3v) is 7.70. The quantitative estimate of drug-likeness (QED) is 0.778. The minimum absolute atomic E-state index is 0.0209. The van der Waals surface area contributed by atoms with Gasteiger partial charge in [-0.25, -0.2) is 0 Å². The number of aliphatic hydroxyl groups is 1. The maximum absolute atomic E-state index is 12.6. The molecule has 0 heterocycles. The minimum atomic E-state index is -0.864. The summed E-state index contributed by atoms with van der Waals surface area (Å²) in [7, 11) is 0. The van der Waals surface area contributed by atoms with Crippen molar-refractivity contribution in [2.24, 2.45) is 28.6 Å². The molecule has 0 bridgehead atoms. The number of hydrogen-bond acceptors (Lipinski definition) is 3. The Morgan fingerprint density at radius 2 is 2.04 bits per heavy atom. The Bertz CT molecular complexity index is 726. The fourth-order valence-electron chi connectivity index (χ4n) is 6.28. The molecule has 4 aliphatic carbocycles. The van der Waals surface area contributed by atoms with Gasteiger partial charge < -0.3 is 5.11 Å². The fraction of sp³-hybridized carbons (Fsp3) is 0.636. The number of fused-ring (bicyclic) bond motifs is 5. The van der Waals surface area contributed by atoms with Gasteiger partial charge in [0, 0.05) is 11.3 Å². The molecule has 6 atom stereocenters. The Kier molecular flexibility index (Phi) is 3.74. The number of rotatable bonds is 2. The number of aliphatic hydroxyl groups excluding tert-OH is 1. The molecule has 2 fully saturated rings. The summed E-state index contributed by atoms with van der Waals surface area (Å²) in [5, 5.41) is 9.83. The van der Waals surface area contributed by atoms with Gasteiger partial charge in [0.05, 0.1) is 0 Å². The lowest BCUT2D eigenvalue weighted by molar-refractivity contribution is -0.134. The summed E-state index contributed by atoms with van der Waals surface area (Å²) >= 11 is 0. The maximum Gasteiger partial charge on any atom is 0.178 e. The van der Waals surface area contributed by atoms with Crippen LogP contribution in [-0.4, -0.2) is 22.8 Å². The normalized spacial score (nSPS) is 43.5. The molecule has 0 amide bonds. The number of hydrogen-bond donors (Lipinski definition) is 1. The summed E-state index contributed by atoms with van der Waals surface area (Å²) in [6.45, 7) is 6.11. The van der Waals surface area contributed by atoms with Gasteiger partial charge in [-0.15, -0.1) is 0 Å². The Labute approximate surface area is 149 Å². The largest absolute Gasteiger partial charge is 0.386 e. The zero-order valence-electron chi connectivity index (χ0n) is 15.4. The number of allylic oxidation sites excluding steroid dienone is 6. The molecule has 134 valence electrons. The Balaban J connectivity index is 1.72. The molecule has 25 heavy (non-hydrogen) atoms. The smallest absolute Gasteiger partial charge is 0.178 e. The topological polar surface area (TPSA) is 54.4 Å². The fourth-order valence-corrected chi connectivity index (χ4v) is 6.28. The molecule has 1 unspecified atom stereocenters. The highest BCUT2D eigenvalue weighted by atomic mass is 16.3. The van der Waals surface area contributed by atoms with Gasteiger partial charge in [0.2, 0.25) is 0 Å². The van der Waals surface area contributed by atoms with E-state index in [4.69, 9.17) is 0 Å². The van der Waals surface area contributed by atoms with Crippen LogP contribution in [0, 0.1) is 28.6 Å². The highest BCUT2D eigenvalue weighted by Gasteiger charge is 2.57. The van der Waals surface area contributed by atoms with Gasteiger partial charge in [0.25, 0.3) is 0 Å². The molecule has 0 aliphatic heterocycles. The molecular formula is C22H28O3. The summed E-state index contributed by atoms with van der Waals surface area (Å²) in [4.78, 5) is 24.4. The van der Waals surface area contributed by atoms with Crippen LogP contribution in [0.25, 0.3) is 0 Å². The molecule has 3 nitrogen and oxygen atoms in total. The highest BCUT2D eigenvalue weighted by Crippen LogP contribution is 2.64. The second-order valence-corrected chi connectivity index (χ2v) is 8.94. The molecule has 3 heteroatoms. The molecule has 2 saturated carbocycles. The lowest BCUT2D eigenvalue weighted by Gasteiger charge is -2.52. The van der Waals surface area contributed by atoms with E-state index in [1.54, 1.807) is 13.0 Å². The molecule has 0 spiro atoms. The van der Waals surface area contributed by atoms with Crippen molar-refractivity contribution >= 4 is 11.6 Å². The zero-order valence-corrected chi connectivity index (χ0v) is 15.4. The second-order valence-electron chi connectivity index (χ2n) is 8.94. The number of Topliss-reactive ketones (excluding diaryl/α,β-unsaturated/α-hetero) is 1. The molecular weight excluding hydrogens is 312 g/mol. The van der Waals surface area contributed by atoms with Gasteiger partial charge in [0.1, 0.15) is 6.10 Å². The first-order chi connectivity index (χ1) is 11.8. The van der Waals surface area contributed by atoms with Crippen molar-refractivity contribution < 1.29 is 14.7 Å². The first-order valence-corrected chi connectivity index (χ1v) is 9.64. The zero-order chi connectivity index (χ0) is 18.0. The van der Waals surface area contributed by atoms with Crippen molar-refractivity contribution in [2.75, 3.05) is 0 Å². The highest BCUT2D eigenvalue weighted by molar-refractivity contribution is 6.01. The van der Waals surface area contributed by atoms with Crippen LogP contribution in [-0.2, 0) is 9.59 Å². The van der Waals surface area contributed by atoms with Gasteiger partial charge in [0.15, 0.2) is 11.6 Å². The molecule has 0 saturated heterocycles. The van der Waals surface area contributed by atoms with E-state index in [1.165, 1.54) is 11.1 Å². The van der Waals surface area contributed by atoms with Gasteiger partial charge >= 0.3 is 0 Å². The van der Waals surface area contributed by atoms with Crippen molar-refractivity contribution in [3.05, 3.63) is 35.5 Å². The number of carbonyl (C=O) groups excluding carboxylic acids is 2. The predicted octanol–water partition coefficient (Wildman–Crippen LogP) is 3.78. The summed E-state index contributed by atoms with van der Waals surface area (Å²) < 4.78 is 0. The summed E-state index contributed by atoms with van der Waals surface area (Å²) in [5.41, 5.74) is 2.56. The van der Waals surface area contributed by atoms with Crippen molar-refractivity contribution in [3.8, 4) is 0 Å². The van der Waals surface area contributed by atoms with E-state index < -0.39 is 6.10 Å². The molecule has 0 aromatic rings. The predicted molar refractivity (Wildman–Crippen MR) is 96.8 cm³/mol. The van der Waals surface area contributed by atoms with E-state index >= 15 is 0 Å². The Morgan fingerprint density at radius 3 is 2.76 bits per heavy atom. The van der Waals surface area contributed by atoms with E-state index in [0.717, 1.165) is 32.1 Å². The monoisotopic (exact) mass is 340 g/mol. The van der Waals surface area contributed by atoms with E-state index in [9.17, 15) is 14.7 Å². The van der Waals surface area contributed by atoms with Crippen LogP contribution < -0.4 is 0 Å².